The van der Waals surface area contributed by atoms with E-state index in [-0.39, 0.29) is 30.1 Å². The van der Waals surface area contributed by atoms with E-state index >= 15 is 0 Å². The van der Waals surface area contributed by atoms with Gasteiger partial charge in [-0.3, -0.25) is 14.9 Å². The van der Waals surface area contributed by atoms with Crippen LogP contribution in [0.1, 0.15) is 17.7 Å². The highest BCUT2D eigenvalue weighted by Gasteiger charge is 2.24. The van der Waals surface area contributed by atoms with Gasteiger partial charge in [-0.15, -0.1) is 11.3 Å². The van der Waals surface area contributed by atoms with Gasteiger partial charge in [-0.05, 0) is 30.4 Å². The minimum Gasteiger partial charge on any atom is -0.477 e. The van der Waals surface area contributed by atoms with Crippen molar-refractivity contribution in [3.63, 3.8) is 0 Å². The highest BCUT2D eigenvalue weighted by atomic mass is 32.1. The Kier molecular flexibility index (Phi) is 6.19. The van der Waals surface area contributed by atoms with Gasteiger partial charge < -0.3 is 14.4 Å². The van der Waals surface area contributed by atoms with Crippen LogP contribution >= 0.6 is 11.3 Å². The molecule has 1 unspecified atom stereocenters. The van der Waals surface area contributed by atoms with Crippen molar-refractivity contribution in [3.05, 3.63) is 56.8 Å². The predicted octanol–water partition coefficient (Wildman–Crippen LogP) is 3.24. The molecule has 7 nitrogen and oxygen atoms in total. The molecule has 8 heteroatoms. The van der Waals surface area contributed by atoms with E-state index in [0.717, 1.165) is 24.3 Å². The summed E-state index contributed by atoms with van der Waals surface area (Å²) in [5.41, 5.74) is -0.149. The molecule has 1 atom stereocenters. The molecule has 0 saturated carbocycles. The minimum absolute atomic E-state index is 0.0324. The summed E-state index contributed by atoms with van der Waals surface area (Å²) >= 11 is 1.58. The third kappa shape index (κ3) is 4.80. The molecule has 3 rings (SSSR count). The monoisotopic (exact) mass is 376 g/mol. The van der Waals surface area contributed by atoms with Gasteiger partial charge in [0.25, 0.3) is 5.91 Å². The van der Waals surface area contributed by atoms with Gasteiger partial charge in [0.05, 0.1) is 17.6 Å². The van der Waals surface area contributed by atoms with Crippen LogP contribution < -0.4 is 4.74 Å². The molecule has 1 aromatic carbocycles. The molecule has 0 N–H and O–H groups in total. The van der Waals surface area contributed by atoms with Crippen LogP contribution in [0.2, 0.25) is 0 Å². The molecule has 2 aromatic rings. The Hall–Kier alpha value is -2.45. The molecule has 1 saturated heterocycles. The summed E-state index contributed by atoms with van der Waals surface area (Å²) in [4.78, 5) is 26.0. The molecule has 1 aliphatic rings. The second-order valence-electron chi connectivity index (χ2n) is 6.00. The number of hydrogen-bond acceptors (Lipinski definition) is 6. The minimum atomic E-state index is -0.518. The average molecular weight is 376 g/mol. The van der Waals surface area contributed by atoms with Crippen molar-refractivity contribution in [1.82, 2.24) is 4.90 Å². The number of nitro groups is 1. The zero-order valence-electron chi connectivity index (χ0n) is 14.2. The van der Waals surface area contributed by atoms with Crippen molar-refractivity contribution in [3.8, 4) is 5.75 Å². The van der Waals surface area contributed by atoms with Crippen LogP contribution in [-0.2, 0) is 16.1 Å². The lowest BCUT2D eigenvalue weighted by Crippen LogP contribution is -2.39. The van der Waals surface area contributed by atoms with Crippen molar-refractivity contribution in [1.29, 1.82) is 0 Å². The van der Waals surface area contributed by atoms with Crippen LogP contribution in [0.25, 0.3) is 0 Å². The van der Waals surface area contributed by atoms with Crippen molar-refractivity contribution >= 4 is 22.9 Å². The highest BCUT2D eigenvalue weighted by Crippen LogP contribution is 2.26. The van der Waals surface area contributed by atoms with Crippen molar-refractivity contribution in [2.75, 3.05) is 19.8 Å². The number of ether oxygens (including phenoxy) is 2. The zero-order valence-corrected chi connectivity index (χ0v) is 15.0. The highest BCUT2D eigenvalue weighted by molar-refractivity contribution is 7.09. The van der Waals surface area contributed by atoms with Crippen LogP contribution in [0, 0.1) is 10.1 Å². The van der Waals surface area contributed by atoms with Crippen molar-refractivity contribution in [2.45, 2.75) is 25.5 Å². The summed E-state index contributed by atoms with van der Waals surface area (Å²) in [6.07, 6.45) is 1.96. The van der Waals surface area contributed by atoms with Crippen LogP contribution in [0.3, 0.4) is 0 Å². The summed E-state index contributed by atoms with van der Waals surface area (Å²) in [6, 6.07) is 9.97. The lowest BCUT2D eigenvalue weighted by atomic mass is 10.2. The first-order chi connectivity index (χ1) is 12.6. The maximum Gasteiger partial charge on any atom is 0.310 e. The summed E-state index contributed by atoms with van der Waals surface area (Å²) in [5.74, 6) is -0.119. The molecular weight excluding hydrogens is 356 g/mol. The number of thiophene rings is 1. The molecule has 0 aliphatic carbocycles. The Balaban J connectivity index is 1.65. The molecule has 2 heterocycles. The number of rotatable bonds is 8. The largest absolute Gasteiger partial charge is 0.477 e. The fraction of sp³-hybridized carbons (Fsp3) is 0.389. The van der Waals surface area contributed by atoms with Crippen LogP contribution in [0.5, 0.6) is 5.75 Å². The first-order valence-corrected chi connectivity index (χ1v) is 9.29. The lowest BCUT2D eigenvalue weighted by Gasteiger charge is -2.25. The lowest BCUT2D eigenvalue weighted by molar-refractivity contribution is -0.385. The summed E-state index contributed by atoms with van der Waals surface area (Å²) in [6.45, 7) is 1.45. The number of hydrogen-bond donors (Lipinski definition) is 0. The second kappa shape index (κ2) is 8.77. The summed E-state index contributed by atoms with van der Waals surface area (Å²) in [5, 5.41) is 13.0. The van der Waals surface area contributed by atoms with Crippen molar-refractivity contribution in [2.24, 2.45) is 0 Å². The molecule has 0 bridgehead atoms. The van der Waals surface area contributed by atoms with Crippen LogP contribution in [0.4, 0.5) is 5.69 Å². The number of carbonyl (C=O) groups is 1. The van der Waals surface area contributed by atoms with Gasteiger partial charge in [0, 0.05) is 24.1 Å². The van der Waals surface area contributed by atoms with Gasteiger partial charge in [0.15, 0.2) is 12.4 Å². The Bertz CT molecular complexity index is 744. The molecule has 1 aromatic heterocycles. The maximum absolute atomic E-state index is 12.7. The Morgan fingerprint density at radius 2 is 2.19 bits per heavy atom. The topological polar surface area (TPSA) is 81.9 Å². The number of amides is 1. The molecule has 1 amide bonds. The number of nitro benzene ring substituents is 1. The van der Waals surface area contributed by atoms with E-state index in [9.17, 15) is 14.9 Å². The third-order valence-electron chi connectivity index (χ3n) is 4.14. The average Bonchev–Trinajstić information content (AvgIpc) is 3.33. The normalized spacial score (nSPS) is 16.4. The first kappa shape index (κ1) is 18.3. The molecule has 1 fully saturated rings. The predicted molar refractivity (Wildman–Crippen MR) is 97.3 cm³/mol. The smallest absolute Gasteiger partial charge is 0.310 e. The standard InChI is InChI=1S/C18H20N2O5S/c21-18(13-25-17-8-2-1-7-16(17)20(22)23)19(11-14-5-3-9-24-14)12-15-6-4-10-26-15/h1-2,4,6-8,10,14H,3,5,9,11-13H2. The summed E-state index contributed by atoms with van der Waals surface area (Å²) < 4.78 is 11.1. The molecule has 26 heavy (non-hydrogen) atoms. The molecular formula is C18H20N2O5S. The van der Waals surface area contributed by atoms with E-state index in [1.54, 1.807) is 28.4 Å². The maximum atomic E-state index is 12.7. The van der Waals surface area contributed by atoms with Crippen LogP contribution in [-0.4, -0.2) is 41.6 Å². The number of benzene rings is 1. The van der Waals surface area contributed by atoms with E-state index in [0.29, 0.717) is 13.1 Å². The van der Waals surface area contributed by atoms with Gasteiger partial charge >= 0.3 is 5.69 Å². The van der Waals surface area contributed by atoms with E-state index < -0.39 is 4.92 Å². The number of carbonyl (C=O) groups excluding carboxylic acids is 1. The Morgan fingerprint density at radius 1 is 1.35 bits per heavy atom. The fourth-order valence-corrected chi connectivity index (χ4v) is 3.56. The Labute approximate surface area is 155 Å². The second-order valence-corrected chi connectivity index (χ2v) is 7.03. The number of nitrogens with zero attached hydrogens (tertiary/aromatic N) is 2. The van der Waals surface area contributed by atoms with Gasteiger partial charge in [-0.1, -0.05) is 18.2 Å². The zero-order chi connectivity index (χ0) is 18.4. The van der Waals surface area contributed by atoms with E-state index in [4.69, 9.17) is 9.47 Å². The van der Waals surface area contributed by atoms with Crippen LogP contribution in [0.15, 0.2) is 41.8 Å². The SMILES string of the molecule is O=C(COc1ccccc1[N+](=O)[O-])N(Cc1cccs1)CC1CCCO1. The molecule has 1 aliphatic heterocycles. The van der Waals surface area contributed by atoms with E-state index in [1.165, 1.54) is 12.1 Å². The van der Waals surface area contributed by atoms with E-state index in [1.807, 2.05) is 17.5 Å². The van der Waals surface area contributed by atoms with Gasteiger partial charge in [0.2, 0.25) is 0 Å². The molecule has 0 spiro atoms. The molecule has 138 valence electrons. The van der Waals surface area contributed by atoms with Gasteiger partial charge in [-0.2, -0.15) is 0 Å². The van der Waals surface area contributed by atoms with E-state index in [2.05, 4.69) is 0 Å². The van der Waals surface area contributed by atoms with Crippen molar-refractivity contribution < 1.29 is 19.2 Å². The third-order valence-corrected chi connectivity index (χ3v) is 5.00. The number of para-hydroxylation sites is 2. The molecule has 0 radical (unpaired) electrons. The van der Waals surface area contributed by atoms with Gasteiger partial charge in [-0.25, -0.2) is 0 Å². The summed E-state index contributed by atoms with van der Waals surface area (Å²) in [7, 11) is 0. The Morgan fingerprint density at radius 3 is 2.88 bits per heavy atom. The quantitative estimate of drug-likeness (QED) is 0.522. The fourth-order valence-electron chi connectivity index (χ4n) is 2.84. The first-order valence-electron chi connectivity index (χ1n) is 8.41. The van der Waals surface area contributed by atoms with Gasteiger partial charge in [0.1, 0.15) is 0 Å².